The zero-order valence-corrected chi connectivity index (χ0v) is 8.15. The number of hydrogen-bond donors (Lipinski definition) is 2. The molecule has 14 heavy (non-hydrogen) atoms. The summed E-state index contributed by atoms with van der Waals surface area (Å²) in [7, 11) is 0. The molecule has 1 saturated heterocycles. The van der Waals surface area contributed by atoms with Gasteiger partial charge in [0.15, 0.2) is 11.0 Å². The number of nitrogens with two attached hydrogens (primary N) is 1. The zero-order chi connectivity index (χ0) is 10.1. The molecule has 0 amide bonds. The van der Waals surface area contributed by atoms with Gasteiger partial charge in [0.05, 0.1) is 6.10 Å². The molecule has 0 aromatic carbocycles. The fourth-order valence-electron chi connectivity index (χ4n) is 1.37. The van der Waals surface area contributed by atoms with Gasteiger partial charge in [0.1, 0.15) is 0 Å². The molecular formula is C7H10ClN5O. The van der Waals surface area contributed by atoms with Crippen molar-refractivity contribution in [3.8, 4) is 0 Å². The normalized spacial score (nSPS) is 21.6. The number of β-amino-alcohol motifs (C(OH)–C–C–N with tert-alkyl or cyclic N) is 1. The monoisotopic (exact) mass is 215 g/mol. The lowest BCUT2D eigenvalue weighted by atomic mass is 10.3. The minimum atomic E-state index is -0.324. The van der Waals surface area contributed by atoms with Crippen molar-refractivity contribution in [2.24, 2.45) is 0 Å². The standard InChI is InChI=1S/C7H10ClN5O/c8-5-6(9)10-7(12-11-5)13-2-1-4(14)3-13/h4,14H,1-3H2,(H2,9,10,12)/t4-/m1/s1. The number of aliphatic hydroxyl groups excluding tert-OH is 1. The van der Waals surface area contributed by atoms with E-state index in [0.29, 0.717) is 25.5 Å². The lowest BCUT2D eigenvalue weighted by molar-refractivity contribution is 0.198. The number of rotatable bonds is 1. The predicted molar refractivity (Wildman–Crippen MR) is 52.1 cm³/mol. The maximum absolute atomic E-state index is 9.31. The Morgan fingerprint density at radius 2 is 2.29 bits per heavy atom. The number of anilines is 2. The van der Waals surface area contributed by atoms with Crippen LogP contribution in [0.1, 0.15) is 6.42 Å². The van der Waals surface area contributed by atoms with E-state index in [0.717, 1.165) is 0 Å². The van der Waals surface area contributed by atoms with Crippen LogP contribution in [0, 0.1) is 0 Å². The first-order valence-corrected chi connectivity index (χ1v) is 4.63. The van der Waals surface area contributed by atoms with Crippen LogP contribution >= 0.6 is 11.6 Å². The molecule has 0 radical (unpaired) electrons. The molecule has 7 heteroatoms. The van der Waals surface area contributed by atoms with Gasteiger partial charge in [-0.15, -0.1) is 10.2 Å². The van der Waals surface area contributed by atoms with Crippen LogP contribution in [0.5, 0.6) is 0 Å². The molecule has 1 aromatic heterocycles. The number of aromatic nitrogens is 3. The summed E-state index contributed by atoms with van der Waals surface area (Å²) >= 11 is 5.59. The molecule has 3 N–H and O–H groups in total. The van der Waals surface area contributed by atoms with Gasteiger partial charge in [0, 0.05) is 13.1 Å². The van der Waals surface area contributed by atoms with Gasteiger partial charge >= 0.3 is 0 Å². The minimum absolute atomic E-state index is 0.105. The van der Waals surface area contributed by atoms with E-state index in [-0.39, 0.29) is 17.1 Å². The highest BCUT2D eigenvalue weighted by Crippen LogP contribution is 2.18. The highest BCUT2D eigenvalue weighted by molar-refractivity contribution is 6.31. The van der Waals surface area contributed by atoms with Crippen LogP contribution in [-0.4, -0.2) is 39.5 Å². The summed E-state index contributed by atoms with van der Waals surface area (Å²) in [6.07, 6.45) is 0.391. The van der Waals surface area contributed by atoms with Crippen molar-refractivity contribution in [3.05, 3.63) is 5.15 Å². The maximum atomic E-state index is 9.31. The van der Waals surface area contributed by atoms with E-state index >= 15 is 0 Å². The van der Waals surface area contributed by atoms with Gasteiger partial charge in [-0.25, -0.2) is 0 Å². The quantitative estimate of drug-likeness (QED) is 0.668. The molecule has 1 atom stereocenters. The molecule has 6 nitrogen and oxygen atoms in total. The van der Waals surface area contributed by atoms with Crippen LogP contribution in [0.3, 0.4) is 0 Å². The Kier molecular flexibility index (Phi) is 2.39. The van der Waals surface area contributed by atoms with Gasteiger partial charge in [-0.05, 0) is 6.42 Å². The first-order chi connectivity index (χ1) is 6.66. The van der Waals surface area contributed by atoms with Crippen LogP contribution in [0.4, 0.5) is 11.8 Å². The van der Waals surface area contributed by atoms with Gasteiger partial charge in [0.25, 0.3) is 0 Å². The summed E-state index contributed by atoms with van der Waals surface area (Å²) in [5.41, 5.74) is 5.49. The van der Waals surface area contributed by atoms with Crippen molar-refractivity contribution in [2.45, 2.75) is 12.5 Å². The minimum Gasteiger partial charge on any atom is -0.391 e. The molecular weight excluding hydrogens is 206 g/mol. The van der Waals surface area contributed by atoms with Crippen molar-refractivity contribution in [2.75, 3.05) is 23.7 Å². The average Bonchev–Trinajstić information content (AvgIpc) is 2.57. The zero-order valence-electron chi connectivity index (χ0n) is 7.39. The van der Waals surface area contributed by atoms with E-state index in [2.05, 4.69) is 15.2 Å². The number of halogens is 1. The van der Waals surface area contributed by atoms with E-state index in [1.807, 2.05) is 4.90 Å². The molecule has 1 aliphatic heterocycles. The molecule has 1 fully saturated rings. The fraction of sp³-hybridized carbons (Fsp3) is 0.571. The lowest BCUT2D eigenvalue weighted by Gasteiger charge is -2.14. The Hall–Kier alpha value is -1.14. The summed E-state index contributed by atoms with van der Waals surface area (Å²) in [6, 6.07) is 0. The van der Waals surface area contributed by atoms with Crippen molar-refractivity contribution in [1.29, 1.82) is 0 Å². The van der Waals surface area contributed by atoms with Crippen LogP contribution in [0.2, 0.25) is 5.15 Å². The molecule has 76 valence electrons. The average molecular weight is 216 g/mol. The molecule has 0 unspecified atom stereocenters. The first kappa shape index (κ1) is 9.42. The molecule has 1 aliphatic rings. The molecule has 0 saturated carbocycles. The number of aliphatic hydroxyl groups is 1. The van der Waals surface area contributed by atoms with Crippen molar-refractivity contribution >= 4 is 23.4 Å². The first-order valence-electron chi connectivity index (χ1n) is 4.25. The number of nitrogen functional groups attached to an aromatic ring is 1. The van der Waals surface area contributed by atoms with Crippen molar-refractivity contribution in [3.63, 3.8) is 0 Å². The lowest BCUT2D eigenvalue weighted by Crippen LogP contribution is -2.24. The van der Waals surface area contributed by atoms with Crippen LogP contribution < -0.4 is 10.6 Å². The summed E-state index contributed by atoms with van der Waals surface area (Å²) in [4.78, 5) is 5.80. The maximum Gasteiger partial charge on any atom is 0.247 e. The summed E-state index contributed by atoms with van der Waals surface area (Å²) in [5.74, 6) is 0.585. The third-order valence-electron chi connectivity index (χ3n) is 2.11. The Morgan fingerprint density at radius 3 is 2.86 bits per heavy atom. The van der Waals surface area contributed by atoms with Gasteiger partial charge < -0.3 is 15.7 Å². The smallest absolute Gasteiger partial charge is 0.247 e. The van der Waals surface area contributed by atoms with Crippen molar-refractivity contribution in [1.82, 2.24) is 15.2 Å². The topological polar surface area (TPSA) is 88.2 Å². The van der Waals surface area contributed by atoms with E-state index in [9.17, 15) is 5.11 Å². The third-order valence-corrected chi connectivity index (χ3v) is 2.37. The van der Waals surface area contributed by atoms with E-state index in [1.54, 1.807) is 0 Å². The van der Waals surface area contributed by atoms with Crippen LogP contribution in [0.15, 0.2) is 0 Å². The van der Waals surface area contributed by atoms with Crippen LogP contribution in [-0.2, 0) is 0 Å². The Morgan fingerprint density at radius 1 is 1.50 bits per heavy atom. The van der Waals surface area contributed by atoms with Gasteiger partial charge in [-0.3, -0.25) is 0 Å². The third kappa shape index (κ3) is 1.71. The predicted octanol–water partition coefficient (Wildman–Crippen LogP) is -0.322. The highest BCUT2D eigenvalue weighted by atomic mass is 35.5. The van der Waals surface area contributed by atoms with E-state index in [1.165, 1.54) is 0 Å². The second kappa shape index (κ2) is 3.55. The molecule has 2 heterocycles. The summed E-state index contributed by atoms with van der Waals surface area (Å²) in [5, 5.41) is 16.9. The van der Waals surface area contributed by atoms with Crippen LogP contribution in [0.25, 0.3) is 0 Å². The summed E-state index contributed by atoms with van der Waals surface area (Å²) < 4.78 is 0. The Bertz CT molecular complexity index is 347. The van der Waals surface area contributed by atoms with E-state index < -0.39 is 0 Å². The van der Waals surface area contributed by atoms with Gasteiger partial charge in [-0.1, -0.05) is 11.6 Å². The fourth-order valence-corrected chi connectivity index (χ4v) is 1.45. The SMILES string of the molecule is Nc1nc(N2CC[C@@H](O)C2)nnc1Cl. The molecule has 2 rings (SSSR count). The highest BCUT2D eigenvalue weighted by Gasteiger charge is 2.23. The summed E-state index contributed by atoms with van der Waals surface area (Å²) in [6.45, 7) is 1.23. The molecule has 0 spiro atoms. The Labute approximate surface area is 85.7 Å². The largest absolute Gasteiger partial charge is 0.391 e. The van der Waals surface area contributed by atoms with Gasteiger partial charge in [0.2, 0.25) is 5.95 Å². The Balaban J connectivity index is 2.20. The molecule has 1 aromatic rings. The molecule has 0 aliphatic carbocycles. The second-order valence-corrected chi connectivity index (χ2v) is 3.53. The number of hydrogen-bond acceptors (Lipinski definition) is 6. The second-order valence-electron chi connectivity index (χ2n) is 3.18. The number of nitrogens with zero attached hydrogens (tertiary/aromatic N) is 4. The van der Waals surface area contributed by atoms with Crippen molar-refractivity contribution < 1.29 is 5.11 Å². The van der Waals surface area contributed by atoms with E-state index in [4.69, 9.17) is 17.3 Å². The van der Waals surface area contributed by atoms with Gasteiger partial charge in [-0.2, -0.15) is 4.98 Å². The molecule has 0 bridgehead atoms.